The number of carboxylic acid groups (broad SMARTS) is 1. The molecule has 1 amide bonds. The number of nitrogens with zero attached hydrogens (tertiary/aromatic N) is 3. The van der Waals surface area contributed by atoms with Gasteiger partial charge < -0.3 is 15.2 Å². The second kappa shape index (κ2) is 6.21. The van der Waals surface area contributed by atoms with Crippen molar-refractivity contribution in [3.8, 4) is 0 Å². The Morgan fingerprint density at radius 2 is 2.10 bits per heavy atom. The van der Waals surface area contributed by atoms with Crippen molar-refractivity contribution >= 4 is 28.0 Å². The molecule has 1 aromatic heterocycles. The van der Waals surface area contributed by atoms with Crippen LogP contribution in [0.15, 0.2) is 4.60 Å². The van der Waals surface area contributed by atoms with Gasteiger partial charge in [0.1, 0.15) is 5.60 Å². The lowest BCUT2D eigenvalue weighted by Gasteiger charge is -2.23. The van der Waals surface area contributed by atoms with E-state index in [1.54, 1.807) is 27.8 Å². The van der Waals surface area contributed by atoms with Crippen LogP contribution in [0.4, 0.5) is 4.79 Å². The van der Waals surface area contributed by atoms with E-state index in [2.05, 4.69) is 31.6 Å². The molecule has 1 rings (SSSR count). The minimum Gasteiger partial charge on any atom is -0.481 e. The highest BCUT2D eigenvalue weighted by Gasteiger charge is 2.27. The molecule has 0 bridgehead atoms. The smallest absolute Gasteiger partial charge is 0.408 e. The van der Waals surface area contributed by atoms with E-state index in [0.717, 1.165) is 0 Å². The molecule has 20 heavy (non-hydrogen) atoms. The van der Waals surface area contributed by atoms with Crippen molar-refractivity contribution in [2.75, 3.05) is 0 Å². The average Bonchev–Trinajstić information content (AvgIpc) is 2.53. The fourth-order valence-electron chi connectivity index (χ4n) is 1.55. The Labute approximate surface area is 124 Å². The van der Waals surface area contributed by atoms with E-state index >= 15 is 0 Å². The minimum atomic E-state index is -1.06. The fourth-order valence-corrected chi connectivity index (χ4v) is 2.15. The molecule has 2 N–H and O–H groups in total. The first-order valence-corrected chi connectivity index (χ1v) is 6.66. The van der Waals surface area contributed by atoms with Crippen LogP contribution in [0.3, 0.4) is 0 Å². The van der Waals surface area contributed by atoms with Crippen molar-refractivity contribution in [3.05, 3.63) is 10.3 Å². The number of carboxylic acids is 1. The minimum absolute atomic E-state index is 0.306. The highest BCUT2D eigenvalue weighted by Crippen LogP contribution is 2.23. The second-order valence-electron chi connectivity index (χ2n) is 5.19. The van der Waals surface area contributed by atoms with E-state index < -0.39 is 23.7 Å². The van der Waals surface area contributed by atoms with Crippen molar-refractivity contribution in [1.82, 2.24) is 20.3 Å². The Kier molecular flexibility index (Phi) is 5.09. The topological polar surface area (TPSA) is 106 Å². The van der Waals surface area contributed by atoms with Gasteiger partial charge in [0.15, 0.2) is 4.60 Å². The lowest BCUT2D eigenvalue weighted by molar-refractivity contribution is -0.137. The zero-order chi connectivity index (χ0) is 15.5. The summed E-state index contributed by atoms with van der Waals surface area (Å²) in [6, 6.07) is -0.795. The zero-order valence-electron chi connectivity index (χ0n) is 11.7. The third-order valence-corrected chi connectivity index (χ3v) is 2.79. The van der Waals surface area contributed by atoms with Gasteiger partial charge in [-0.2, -0.15) is 0 Å². The predicted octanol–water partition coefficient (Wildman–Crippen LogP) is 1.62. The number of hydrogen-bond acceptors (Lipinski definition) is 5. The van der Waals surface area contributed by atoms with Crippen molar-refractivity contribution < 1.29 is 19.4 Å². The van der Waals surface area contributed by atoms with Gasteiger partial charge in [-0.05, 0) is 36.7 Å². The number of aromatic nitrogens is 3. The van der Waals surface area contributed by atoms with Gasteiger partial charge in [-0.25, -0.2) is 9.48 Å². The summed E-state index contributed by atoms with van der Waals surface area (Å²) in [5.41, 5.74) is -0.210. The Morgan fingerprint density at radius 3 is 2.50 bits per heavy atom. The van der Waals surface area contributed by atoms with E-state index in [-0.39, 0.29) is 6.42 Å². The van der Waals surface area contributed by atoms with E-state index in [0.29, 0.717) is 10.3 Å². The maximum Gasteiger partial charge on any atom is 0.408 e. The molecule has 1 atom stereocenters. The number of alkyl carbamates (subject to hydrolysis) is 1. The summed E-state index contributed by atoms with van der Waals surface area (Å²) in [4.78, 5) is 22.7. The van der Waals surface area contributed by atoms with Gasteiger partial charge in [-0.3, -0.25) is 4.79 Å². The van der Waals surface area contributed by atoms with Gasteiger partial charge in [0.05, 0.1) is 18.2 Å². The first-order chi connectivity index (χ1) is 9.10. The summed E-state index contributed by atoms with van der Waals surface area (Å²) in [7, 11) is 1.61. The van der Waals surface area contributed by atoms with Gasteiger partial charge in [-0.1, -0.05) is 5.21 Å². The summed E-state index contributed by atoms with van der Waals surface area (Å²) in [6.45, 7) is 5.17. The maximum absolute atomic E-state index is 11.8. The Balaban J connectivity index is 2.91. The summed E-state index contributed by atoms with van der Waals surface area (Å²) in [5.74, 6) is -1.06. The number of amides is 1. The Morgan fingerprint density at radius 1 is 1.50 bits per heavy atom. The van der Waals surface area contributed by atoms with Crippen LogP contribution in [0.2, 0.25) is 0 Å². The summed E-state index contributed by atoms with van der Waals surface area (Å²) in [5, 5.41) is 19.0. The van der Waals surface area contributed by atoms with E-state index in [1.165, 1.54) is 4.68 Å². The van der Waals surface area contributed by atoms with Gasteiger partial charge in [-0.15, -0.1) is 5.10 Å². The molecule has 112 valence electrons. The molecule has 0 radical (unpaired) electrons. The highest BCUT2D eigenvalue weighted by molar-refractivity contribution is 9.10. The Hall–Kier alpha value is -1.64. The number of carbonyl (C=O) groups excluding carboxylic acids is 1. The third kappa shape index (κ3) is 4.80. The van der Waals surface area contributed by atoms with Crippen LogP contribution >= 0.6 is 15.9 Å². The molecule has 1 aromatic rings. The molecular formula is C11H17BrN4O4. The van der Waals surface area contributed by atoms with Crippen LogP contribution < -0.4 is 5.32 Å². The van der Waals surface area contributed by atoms with Crippen molar-refractivity contribution in [1.29, 1.82) is 0 Å². The number of hydrogen-bond donors (Lipinski definition) is 2. The van der Waals surface area contributed by atoms with Crippen molar-refractivity contribution in [2.24, 2.45) is 7.05 Å². The first-order valence-electron chi connectivity index (χ1n) is 5.86. The number of carbonyl (C=O) groups is 2. The van der Waals surface area contributed by atoms with E-state index in [9.17, 15) is 9.59 Å². The second-order valence-corrected chi connectivity index (χ2v) is 5.94. The van der Waals surface area contributed by atoms with E-state index in [4.69, 9.17) is 9.84 Å². The number of rotatable bonds is 4. The predicted molar refractivity (Wildman–Crippen MR) is 73.1 cm³/mol. The van der Waals surface area contributed by atoms with Crippen LogP contribution in [-0.4, -0.2) is 37.8 Å². The lowest BCUT2D eigenvalue weighted by Crippen LogP contribution is -2.36. The maximum atomic E-state index is 11.8. The van der Waals surface area contributed by atoms with Gasteiger partial charge >= 0.3 is 12.1 Å². The summed E-state index contributed by atoms with van der Waals surface area (Å²) < 4.78 is 6.89. The standard InChI is InChI=1S/C11H17BrN4O4/c1-11(2,3)20-10(19)13-6(5-7(17)18)8-9(12)14-15-16(8)4/h6H,5H2,1-4H3,(H,13,19)(H,17,18)/t6-/m1/s1. The van der Waals surface area contributed by atoms with Crippen molar-refractivity contribution in [2.45, 2.75) is 38.8 Å². The summed E-state index contributed by atoms with van der Waals surface area (Å²) in [6.07, 6.45) is -1.00. The van der Waals surface area contributed by atoms with Crippen LogP contribution in [0.5, 0.6) is 0 Å². The normalized spacial score (nSPS) is 12.8. The molecule has 1 heterocycles. The SMILES string of the molecule is Cn1nnc(Br)c1[C@@H](CC(=O)O)NC(=O)OC(C)(C)C. The number of aryl methyl sites for hydroxylation is 1. The monoisotopic (exact) mass is 348 g/mol. The number of halogens is 1. The van der Waals surface area contributed by atoms with Crippen LogP contribution in [0.1, 0.15) is 38.9 Å². The molecule has 0 aromatic carbocycles. The number of ether oxygens (including phenoxy) is 1. The van der Waals surface area contributed by atoms with Gasteiger partial charge in [0, 0.05) is 7.05 Å². The zero-order valence-corrected chi connectivity index (χ0v) is 13.3. The van der Waals surface area contributed by atoms with Gasteiger partial charge in [0.25, 0.3) is 0 Å². The summed E-state index contributed by atoms with van der Waals surface area (Å²) >= 11 is 3.18. The molecule has 0 spiro atoms. The lowest BCUT2D eigenvalue weighted by atomic mass is 10.1. The average molecular weight is 349 g/mol. The van der Waals surface area contributed by atoms with Gasteiger partial charge in [0.2, 0.25) is 0 Å². The first kappa shape index (κ1) is 16.4. The fraction of sp³-hybridized carbons (Fsp3) is 0.636. The molecular weight excluding hydrogens is 332 g/mol. The largest absolute Gasteiger partial charge is 0.481 e. The molecule has 0 unspecified atom stereocenters. The number of nitrogens with one attached hydrogen (secondary N) is 1. The van der Waals surface area contributed by atoms with Crippen LogP contribution in [-0.2, 0) is 16.6 Å². The molecule has 0 aliphatic carbocycles. The molecule has 0 fully saturated rings. The third-order valence-electron chi connectivity index (χ3n) is 2.23. The quantitative estimate of drug-likeness (QED) is 0.856. The van der Waals surface area contributed by atoms with Crippen molar-refractivity contribution in [3.63, 3.8) is 0 Å². The number of aliphatic carboxylic acids is 1. The van der Waals surface area contributed by atoms with Crippen LogP contribution in [0, 0.1) is 0 Å². The van der Waals surface area contributed by atoms with Crippen LogP contribution in [0.25, 0.3) is 0 Å². The molecule has 0 saturated carbocycles. The van der Waals surface area contributed by atoms with E-state index in [1.807, 2.05) is 0 Å². The Bertz CT molecular complexity index is 490. The molecule has 0 aliphatic rings. The molecule has 8 nitrogen and oxygen atoms in total. The molecule has 9 heteroatoms. The highest BCUT2D eigenvalue weighted by atomic mass is 79.9. The molecule has 0 aliphatic heterocycles. The molecule has 0 saturated heterocycles.